The van der Waals surface area contributed by atoms with Crippen molar-refractivity contribution in [1.82, 2.24) is 20.0 Å². The Morgan fingerprint density at radius 3 is 2.21 bits per heavy atom. The van der Waals surface area contributed by atoms with Crippen molar-refractivity contribution in [3.8, 4) is 11.3 Å². The average molecular weight is 373 g/mol. The van der Waals surface area contributed by atoms with Gasteiger partial charge in [-0.2, -0.15) is 0 Å². The molecule has 142 valence electrons. The van der Waals surface area contributed by atoms with Crippen LogP contribution in [0.4, 0.5) is 11.5 Å². The second-order valence-corrected chi connectivity index (χ2v) is 6.97. The summed E-state index contributed by atoms with van der Waals surface area (Å²) in [5.41, 5.74) is 3.45. The van der Waals surface area contributed by atoms with Crippen LogP contribution in [0.1, 0.15) is 10.4 Å². The van der Waals surface area contributed by atoms with Crippen LogP contribution in [0.3, 0.4) is 0 Å². The minimum atomic E-state index is 0.0895. The van der Waals surface area contributed by atoms with Crippen molar-refractivity contribution in [1.29, 1.82) is 0 Å². The molecule has 1 amide bonds. The predicted octanol–water partition coefficient (Wildman–Crippen LogP) is 3.27. The lowest BCUT2D eigenvalue weighted by Gasteiger charge is -2.32. The van der Waals surface area contributed by atoms with Crippen molar-refractivity contribution in [2.75, 3.05) is 38.5 Å². The largest absolute Gasteiger partial charge is 0.339 e. The van der Waals surface area contributed by atoms with Gasteiger partial charge in [-0.1, -0.05) is 30.3 Å². The van der Waals surface area contributed by atoms with Crippen LogP contribution < -0.4 is 5.32 Å². The highest BCUT2D eigenvalue weighted by Crippen LogP contribution is 2.19. The van der Waals surface area contributed by atoms with Crippen molar-refractivity contribution in [3.63, 3.8) is 0 Å². The number of piperazine rings is 1. The van der Waals surface area contributed by atoms with Crippen LogP contribution in [0.5, 0.6) is 0 Å². The van der Waals surface area contributed by atoms with Gasteiger partial charge >= 0.3 is 0 Å². The molecule has 1 aliphatic rings. The number of nitrogens with zero attached hydrogens (tertiary/aromatic N) is 4. The van der Waals surface area contributed by atoms with Gasteiger partial charge in [0.25, 0.3) is 5.91 Å². The Morgan fingerprint density at radius 1 is 0.857 bits per heavy atom. The van der Waals surface area contributed by atoms with Crippen molar-refractivity contribution in [2.45, 2.75) is 0 Å². The fraction of sp³-hybridized carbons (Fsp3) is 0.227. The monoisotopic (exact) mass is 373 g/mol. The molecule has 1 fully saturated rings. The van der Waals surface area contributed by atoms with Crippen LogP contribution in [0, 0.1) is 0 Å². The molecule has 3 aromatic rings. The molecule has 0 bridgehead atoms. The molecule has 2 aromatic carbocycles. The number of likely N-dealkylation sites (N-methyl/N-ethyl adjacent to an activating group) is 1. The lowest BCUT2D eigenvalue weighted by atomic mass is 10.1. The molecule has 0 atom stereocenters. The third kappa shape index (κ3) is 4.18. The number of hydrogen-bond donors (Lipinski definition) is 1. The SMILES string of the molecule is CN1CCN(C(=O)c2ccc(Nc3ccc(-c4ccccc4)nn3)cc2)CC1. The maximum Gasteiger partial charge on any atom is 0.253 e. The second kappa shape index (κ2) is 8.19. The van der Waals surface area contributed by atoms with E-state index in [-0.39, 0.29) is 5.91 Å². The number of nitrogens with one attached hydrogen (secondary N) is 1. The molecule has 2 heterocycles. The number of benzene rings is 2. The molecule has 6 heteroatoms. The fourth-order valence-electron chi connectivity index (χ4n) is 3.20. The van der Waals surface area contributed by atoms with E-state index in [9.17, 15) is 4.79 Å². The lowest BCUT2D eigenvalue weighted by molar-refractivity contribution is 0.0664. The summed E-state index contributed by atoms with van der Waals surface area (Å²) in [6.45, 7) is 3.39. The summed E-state index contributed by atoms with van der Waals surface area (Å²) in [6.07, 6.45) is 0. The molecule has 6 nitrogen and oxygen atoms in total. The molecule has 1 N–H and O–H groups in total. The normalized spacial score (nSPS) is 14.7. The molecule has 0 aliphatic carbocycles. The van der Waals surface area contributed by atoms with E-state index >= 15 is 0 Å². The Balaban J connectivity index is 1.40. The maximum atomic E-state index is 12.6. The van der Waals surface area contributed by atoms with E-state index < -0.39 is 0 Å². The van der Waals surface area contributed by atoms with E-state index in [2.05, 4.69) is 27.5 Å². The van der Waals surface area contributed by atoms with Gasteiger partial charge in [0.15, 0.2) is 5.82 Å². The molecule has 0 radical (unpaired) electrons. The highest BCUT2D eigenvalue weighted by atomic mass is 16.2. The summed E-state index contributed by atoms with van der Waals surface area (Å²) in [7, 11) is 2.08. The van der Waals surface area contributed by atoms with E-state index in [4.69, 9.17) is 0 Å². The zero-order valence-corrected chi connectivity index (χ0v) is 15.9. The summed E-state index contributed by atoms with van der Waals surface area (Å²) in [4.78, 5) is 16.8. The molecule has 28 heavy (non-hydrogen) atoms. The highest BCUT2D eigenvalue weighted by Gasteiger charge is 2.20. The minimum absolute atomic E-state index is 0.0895. The van der Waals surface area contributed by atoms with Crippen LogP contribution in [0.15, 0.2) is 66.7 Å². The third-order valence-corrected chi connectivity index (χ3v) is 4.93. The number of aromatic nitrogens is 2. The number of rotatable bonds is 4. The van der Waals surface area contributed by atoms with Crippen molar-refractivity contribution in [2.24, 2.45) is 0 Å². The quantitative estimate of drug-likeness (QED) is 0.761. The topological polar surface area (TPSA) is 61.4 Å². The molecule has 1 aliphatic heterocycles. The average Bonchev–Trinajstić information content (AvgIpc) is 2.75. The van der Waals surface area contributed by atoms with Gasteiger partial charge in [-0.15, -0.1) is 10.2 Å². The fourth-order valence-corrected chi connectivity index (χ4v) is 3.20. The molecule has 0 saturated carbocycles. The van der Waals surface area contributed by atoms with Gasteiger partial charge in [-0.05, 0) is 43.4 Å². The first kappa shape index (κ1) is 18.1. The Kier molecular flexibility index (Phi) is 5.30. The van der Waals surface area contributed by atoms with E-state index in [0.29, 0.717) is 11.4 Å². The molecule has 1 aromatic heterocycles. The molecular weight excluding hydrogens is 350 g/mol. The van der Waals surface area contributed by atoms with E-state index in [1.807, 2.05) is 71.6 Å². The number of amides is 1. The zero-order valence-electron chi connectivity index (χ0n) is 15.9. The van der Waals surface area contributed by atoms with Crippen LogP contribution in [0.2, 0.25) is 0 Å². The van der Waals surface area contributed by atoms with Gasteiger partial charge in [0, 0.05) is 43.0 Å². The summed E-state index contributed by atoms with van der Waals surface area (Å²) in [6, 6.07) is 21.3. The molecule has 4 rings (SSSR count). The Bertz CT molecular complexity index is 917. The van der Waals surface area contributed by atoms with Gasteiger partial charge in [-0.3, -0.25) is 4.79 Å². The van der Waals surface area contributed by atoms with Crippen LogP contribution >= 0.6 is 0 Å². The molecule has 0 unspecified atom stereocenters. The van der Waals surface area contributed by atoms with Crippen molar-refractivity contribution < 1.29 is 4.79 Å². The smallest absolute Gasteiger partial charge is 0.253 e. The summed E-state index contributed by atoms with van der Waals surface area (Å²) in [5, 5.41) is 11.8. The number of anilines is 2. The van der Waals surface area contributed by atoms with Gasteiger partial charge in [0.1, 0.15) is 0 Å². The summed E-state index contributed by atoms with van der Waals surface area (Å²) < 4.78 is 0. The first-order valence-electron chi connectivity index (χ1n) is 9.43. The molecule has 1 saturated heterocycles. The van der Waals surface area contributed by atoms with Gasteiger partial charge in [0.2, 0.25) is 0 Å². The first-order chi connectivity index (χ1) is 13.7. The number of carbonyl (C=O) groups is 1. The Morgan fingerprint density at radius 2 is 1.57 bits per heavy atom. The summed E-state index contributed by atoms with van der Waals surface area (Å²) >= 11 is 0. The van der Waals surface area contributed by atoms with Gasteiger partial charge in [-0.25, -0.2) is 0 Å². The van der Waals surface area contributed by atoms with Crippen LogP contribution in [-0.4, -0.2) is 59.1 Å². The lowest BCUT2D eigenvalue weighted by Crippen LogP contribution is -2.47. The standard InChI is InChI=1S/C22H23N5O/c1-26-13-15-27(16-14-26)22(28)18-7-9-19(10-8-18)23-21-12-11-20(24-25-21)17-5-3-2-4-6-17/h2-12H,13-16H2,1H3,(H,23,25). The predicted molar refractivity (Wildman–Crippen MR) is 111 cm³/mol. The Labute approximate surface area is 164 Å². The zero-order chi connectivity index (χ0) is 19.3. The third-order valence-electron chi connectivity index (χ3n) is 4.93. The Hall–Kier alpha value is -3.25. The number of carbonyl (C=O) groups excluding carboxylic acids is 1. The minimum Gasteiger partial charge on any atom is -0.339 e. The van der Waals surface area contributed by atoms with Gasteiger partial charge < -0.3 is 15.1 Å². The van der Waals surface area contributed by atoms with E-state index in [0.717, 1.165) is 43.1 Å². The second-order valence-electron chi connectivity index (χ2n) is 6.97. The van der Waals surface area contributed by atoms with E-state index in [1.54, 1.807) is 0 Å². The molecule has 0 spiro atoms. The maximum absolute atomic E-state index is 12.6. The van der Waals surface area contributed by atoms with Gasteiger partial charge in [0.05, 0.1) is 5.69 Å². The van der Waals surface area contributed by atoms with Crippen molar-refractivity contribution >= 4 is 17.4 Å². The highest BCUT2D eigenvalue weighted by molar-refractivity contribution is 5.94. The summed E-state index contributed by atoms with van der Waals surface area (Å²) in [5.74, 6) is 0.754. The van der Waals surface area contributed by atoms with E-state index in [1.165, 1.54) is 0 Å². The van der Waals surface area contributed by atoms with Crippen molar-refractivity contribution in [3.05, 3.63) is 72.3 Å². The number of hydrogen-bond acceptors (Lipinski definition) is 5. The van der Waals surface area contributed by atoms with Crippen LogP contribution in [0.25, 0.3) is 11.3 Å². The van der Waals surface area contributed by atoms with Crippen LogP contribution in [-0.2, 0) is 0 Å². The molecular formula is C22H23N5O. The first-order valence-corrected chi connectivity index (χ1v) is 9.43.